The third kappa shape index (κ3) is 2.72. The fourth-order valence-electron chi connectivity index (χ4n) is 4.33. The van der Waals surface area contributed by atoms with Gasteiger partial charge in [0.25, 0.3) is 0 Å². The summed E-state index contributed by atoms with van der Waals surface area (Å²) >= 11 is 0. The van der Waals surface area contributed by atoms with Crippen LogP contribution in [0, 0.1) is 0 Å². The second-order valence-electron chi connectivity index (χ2n) is 7.83. The summed E-state index contributed by atoms with van der Waals surface area (Å²) in [6.07, 6.45) is 2.12. The van der Waals surface area contributed by atoms with E-state index in [9.17, 15) is 0 Å². The van der Waals surface area contributed by atoms with Gasteiger partial charge in [0.15, 0.2) is 0 Å². The van der Waals surface area contributed by atoms with Crippen LogP contribution in [0.2, 0.25) is 0 Å². The number of hydrogen-bond acceptors (Lipinski definition) is 3. The molecule has 0 amide bonds. The van der Waals surface area contributed by atoms with Gasteiger partial charge in [-0.3, -0.25) is 0 Å². The van der Waals surface area contributed by atoms with E-state index >= 15 is 0 Å². The van der Waals surface area contributed by atoms with Crippen LogP contribution in [-0.4, -0.2) is 42.7 Å². The van der Waals surface area contributed by atoms with E-state index in [1.54, 1.807) is 0 Å². The first-order chi connectivity index (χ1) is 13.1. The van der Waals surface area contributed by atoms with Crippen molar-refractivity contribution in [2.75, 3.05) is 43.0 Å². The summed E-state index contributed by atoms with van der Waals surface area (Å²) in [6.45, 7) is 9.77. The van der Waals surface area contributed by atoms with Crippen LogP contribution >= 0.6 is 0 Å². The lowest BCUT2D eigenvalue weighted by molar-refractivity contribution is 0.313. The second kappa shape index (κ2) is 6.17. The van der Waals surface area contributed by atoms with Gasteiger partial charge in [-0.2, -0.15) is 0 Å². The molecule has 0 bridgehead atoms. The molecular formula is C23H26N4. The zero-order valence-electron chi connectivity index (χ0n) is 16.2. The highest BCUT2D eigenvalue weighted by Crippen LogP contribution is 2.38. The fourth-order valence-corrected chi connectivity index (χ4v) is 4.33. The molecule has 1 fully saturated rings. The monoisotopic (exact) mass is 358 g/mol. The number of anilines is 2. The molecule has 0 saturated carbocycles. The molecule has 0 unspecified atom stereocenters. The number of aromatic nitrogens is 1. The van der Waals surface area contributed by atoms with Crippen molar-refractivity contribution < 1.29 is 0 Å². The maximum atomic E-state index is 4.43. The third-order valence-corrected chi connectivity index (χ3v) is 6.11. The normalized spacial score (nSPS) is 17.8. The number of aryl methyl sites for hydroxylation is 1. The van der Waals surface area contributed by atoms with Crippen LogP contribution in [0.5, 0.6) is 0 Å². The van der Waals surface area contributed by atoms with E-state index in [1.807, 2.05) is 0 Å². The fraction of sp³-hybridized carbons (Fsp3) is 0.304. The van der Waals surface area contributed by atoms with Crippen molar-refractivity contribution in [2.24, 2.45) is 7.05 Å². The lowest BCUT2D eigenvalue weighted by Crippen LogP contribution is -2.44. The highest BCUT2D eigenvalue weighted by molar-refractivity contribution is 5.90. The molecule has 0 atom stereocenters. The van der Waals surface area contributed by atoms with Crippen molar-refractivity contribution in [1.29, 1.82) is 0 Å². The van der Waals surface area contributed by atoms with Crippen LogP contribution in [0.1, 0.15) is 11.1 Å². The van der Waals surface area contributed by atoms with Crippen LogP contribution in [-0.2, 0) is 13.6 Å². The molecule has 0 N–H and O–H groups in total. The Bertz CT molecular complexity index is 1020. The van der Waals surface area contributed by atoms with Crippen LogP contribution < -0.4 is 9.80 Å². The molecule has 3 heterocycles. The van der Waals surface area contributed by atoms with Crippen molar-refractivity contribution in [2.45, 2.75) is 6.54 Å². The van der Waals surface area contributed by atoms with Gasteiger partial charge in [-0.05, 0) is 49.0 Å². The largest absolute Gasteiger partial charge is 0.369 e. The van der Waals surface area contributed by atoms with E-state index in [4.69, 9.17) is 0 Å². The van der Waals surface area contributed by atoms with Crippen molar-refractivity contribution in [3.63, 3.8) is 0 Å². The van der Waals surface area contributed by atoms with Gasteiger partial charge in [0.2, 0.25) is 0 Å². The van der Waals surface area contributed by atoms with Gasteiger partial charge in [-0.25, -0.2) is 0 Å². The van der Waals surface area contributed by atoms with Gasteiger partial charge in [0.1, 0.15) is 0 Å². The van der Waals surface area contributed by atoms with Gasteiger partial charge in [0, 0.05) is 79.5 Å². The Kier molecular flexibility index (Phi) is 3.76. The Morgan fingerprint density at radius 1 is 0.852 bits per heavy atom. The highest BCUT2D eigenvalue weighted by atomic mass is 15.2. The first-order valence-corrected chi connectivity index (χ1v) is 9.68. The average molecular weight is 358 g/mol. The number of nitrogens with zero attached hydrogens (tertiary/aromatic N) is 4. The summed E-state index contributed by atoms with van der Waals surface area (Å²) in [7, 11) is 4.29. The van der Waals surface area contributed by atoms with Crippen LogP contribution in [0.15, 0.2) is 55.2 Å². The zero-order chi connectivity index (χ0) is 18.5. The maximum Gasteiger partial charge on any atom is 0.0488 e. The molecule has 5 rings (SSSR count). The first kappa shape index (κ1) is 16.5. The number of rotatable bonds is 2. The number of piperazine rings is 1. The minimum Gasteiger partial charge on any atom is -0.369 e. The van der Waals surface area contributed by atoms with Crippen LogP contribution in [0.25, 0.3) is 16.6 Å². The third-order valence-electron chi connectivity index (χ3n) is 6.11. The van der Waals surface area contributed by atoms with E-state index in [2.05, 4.69) is 88.6 Å². The number of benzene rings is 2. The molecule has 3 aromatic rings. The lowest BCUT2D eigenvalue weighted by atomic mass is 10.1. The standard InChI is InChI=1S/C23H26N4/c1-17-22-15-20(26-12-10-24(2)11-13-26)5-4-19(22)16-27(17)21-6-7-23-18(14-21)8-9-25(23)3/h4-9,14-15H,1,10-13,16H2,2-3H3. The Labute approximate surface area is 160 Å². The molecular weight excluding hydrogens is 332 g/mol. The lowest BCUT2D eigenvalue weighted by Gasteiger charge is -2.34. The predicted octanol–water partition coefficient (Wildman–Crippen LogP) is 3.92. The number of hydrogen-bond donors (Lipinski definition) is 0. The molecule has 4 heteroatoms. The molecule has 0 spiro atoms. The Balaban J connectivity index is 1.44. The summed E-state index contributed by atoms with van der Waals surface area (Å²) in [4.78, 5) is 7.22. The van der Waals surface area contributed by atoms with E-state index < -0.39 is 0 Å². The molecule has 4 nitrogen and oxygen atoms in total. The second-order valence-corrected chi connectivity index (χ2v) is 7.83. The molecule has 27 heavy (non-hydrogen) atoms. The predicted molar refractivity (Wildman–Crippen MR) is 114 cm³/mol. The van der Waals surface area contributed by atoms with E-state index in [0.717, 1.165) is 38.4 Å². The molecule has 0 radical (unpaired) electrons. The SMILES string of the molecule is C=C1c2cc(N3CCN(C)CC3)ccc2CN1c1ccc2c(ccn2C)c1. The molecule has 2 aliphatic heterocycles. The molecule has 2 aliphatic rings. The van der Waals surface area contributed by atoms with E-state index in [1.165, 1.54) is 33.4 Å². The topological polar surface area (TPSA) is 14.7 Å². The smallest absolute Gasteiger partial charge is 0.0488 e. The Morgan fingerprint density at radius 2 is 1.63 bits per heavy atom. The van der Waals surface area contributed by atoms with Gasteiger partial charge >= 0.3 is 0 Å². The van der Waals surface area contributed by atoms with Crippen LogP contribution in [0.4, 0.5) is 11.4 Å². The van der Waals surface area contributed by atoms with Crippen molar-refractivity contribution >= 4 is 28.0 Å². The molecule has 1 saturated heterocycles. The minimum absolute atomic E-state index is 0.898. The summed E-state index contributed by atoms with van der Waals surface area (Å²) in [5.41, 5.74) is 7.57. The first-order valence-electron chi connectivity index (χ1n) is 9.68. The van der Waals surface area contributed by atoms with Crippen molar-refractivity contribution in [3.05, 3.63) is 66.4 Å². The summed E-state index contributed by atoms with van der Waals surface area (Å²) < 4.78 is 2.16. The highest BCUT2D eigenvalue weighted by Gasteiger charge is 2.25. The summed E-state index contributed by atoms with van der Waals surface area (Å²) in [5, 5.41) is 1.27. The summed E-state index contributed by atoms with van der Waals surface area (Å²) in [5.74, 6) is 0. The van der Waals surface area contributed by atoms with Crippen molar-refractivity contribution in [1.82, 2.24) is 9.47 Å². The van der Waals surface area contributed by atoms with Gasteiger partial charge in [-0.1, -0.05) is 12.6 Å². The maximum absolute atomic E-state index is 4.43. The van der Waals surface area contributed by atoms with Crippen LogP contribution in [0.3, 0.4) is 0 Å². The Hall–Kier alpha value is -2.72. The van der Waals surface area contributed by atoms with Gasteiger partial charge < -0.3 is 19.3 Å². The molecule has 0 aliphatic carbocycles. The molecule has 138 valence electrons. The number of fused-ring (bicyclic) bond motifs is 2. The quantitative estimate of drug-likeness (QED) is 0.690. The van der Waals surface area contributed by atoms with Gasteiger partial charge in [-0.15, -0.1) is 0 Å². The molecule has 1 aromatic heterocycles. The summed E-state index contributed by atoms with van der Waals surface area (Å²) in [6, 6.07) is 15.8. The Morgan fingerprint density at radius 3 is 2.44 bits per heavy atom. The van der Waals surface area contributed by atoms with E-state index in [0.29, 0.717) is 0 Å². The van der Waals surface area contributed by atoms with Gasteiger partial charge in [0.05, 0.1) is 0 Å². The molecule has 2 aromatic carbocycles. The zero-order valence-corrected chi connectivity index (χ0v) is 16.2. The minimum atomic E-state index is 0.898. The van der Waals surface area contributed by atoms with E-state index in [-0.39, 0.29) is 0 Å². The number of likely N-dealkylation sites (N-methyl/N-ethyl adjacent to an activating group) is 1. The van der Waals surface area contributed by atoms with Crippen molar-refractivity contribution in [3.8, 4) is 0 Å². The average Bonchev–Trinajstić information content (AvgIpc) is 3.22.